The number of hydrogen-bond donors (Lipinski definition) is 0. The maximum Gasteiger partial charge on any atom is 0.311 e. The molecule has 2 aliphatic rings. The summed E-state index contributed by atoms with van der Waals surface area (Å²) in [5, 5.41) is 0. The summed E-state index contributed by atoms with van der Waals surface area (Å²) >= 11 is 0. The quantitative estimate of drug-likeness (QED) is 0.657. The number of hydrogen-bond acceptors (Lipinski definition) is 5. The van der Waals surface area contributed by atoms with E-state index in [1.807, 2.05) is 0 Å². The largest absolute Gasteiger partial charge is 0.452 e. The van der Waals surface area contributed by atoms with E-state index in [4.69, 9.17) is 4.74 Å². The van der Waals surface area contributed by atoms with Crippen LogP contribution in [-0.4, -0.2) is 61.8 Å². The fraction of sp³-hybridized carbons (Fsp3) is 0.619. The number of benzene rings is 1. The normalized spacial score (nSPS) is 22.2. The van der Waals surface area contributed by atoms with Crippen molar-refractivity contribution in [3.63, 3.8) is 0 Å². The van der Waals surface area contributed by atoms with Gasteiger partial charge in [-0.25, -0.2) is 12.8 Å². The van der Waals surface area contributed by atoms with Gasteiger partial charge in [-0.3, -0.25) is 9.59 Å². The highest BCUT2D eigenvalue weighted by Gasteiger charge is 2.35. The molecule has 1 amide bonds. The molecule has 0 spiro atoms. The molecule has 2 atom stereocenters. The molecule has 2 saturated heterocycles. The van der Waals surface area contributed by atoms with Crippen molar-refractivity contribution in [3.05, 3.63) is 30.1 Å². The Balaban J connectivity index is 1.61. The second kappa shape index (κ2) is 9.87. The van der Waals surface area contributed by atoms with Crippen molar-refractivity contribution < 1.29 is 27.1 Å². The van der Waals surface area contributed by atoms with Gasteiger partial charge in [-0.05, 0) is 56.9 Å². The predicted molar refractivity (Wildman–Crippen MR) is 108 cm³/mol. The molecule has 1 aromatic rings. The first-order valence-corrected chi connectivity index (χ1v) is 12.0. The number of halogens is 1. The van der Waals surface area contributed by atoms with Gasteiger partial charge in [0.25, 0.3) is 5.91 Å². The minimum absolute atomic E-state index is 0.0107. The van der Waals surface area contributed by atoms with Crippen LogP contribution in [0.4, 0.5) is 4.39 Å². The van der Waals surface area contributed by atoms with Crippen LogP contribution in [0.5, 0.6) is 0 Å². The van der Waals surface area contributed by atoms with E-state index in [0.717, 1.165) is 37.8 Å². The molecule has 7 nitrogen and oxygen atoms in total. The molecular weight excluding hydrogens is 411 g/mol. The molecule has 166 valence electrons. The number of sulfonamides is 1. The van der Waals surface area contributed by atoms with Crippen LogP contribution in [0.15, 0.2) is 29.2 Å². The van der Waals surface area contributed by atoms with Gasteiger partial charge in [0, 0.05) is 26.2 Å². The molecule has 1 aromatic carbocycles. The lowest BCUT2D eigenvalue weighted by Gasteiger charge is -2.31. The lowest BCUT2D eigenvalue weighted by atomic mass is 10.00. The smallest absolute Gasteiger partial charge is 0.311 e. The molecule has 0 radical (unpaired) electrons. The second-order valence-corrected chi connectivity index (χ2v) is 9.91. The van der Waals surface area contributed by atoms with E-state index in [-0.39, 0.29) is 23.9 Å². The van der Waals surface area contributed by atoms with Crippen LogP contribution < -0.4 is 0 Å². The molecule has 0 aliphatic carbocycles. The van der Waals surface area contributed by atoms with Gasteiger partial charge in [0.2, 0.25) is 10.0 Å². The fourth-order valence-corrected chi connectivity index (χ4v) is 5.50. The second-order valence-electron chi connectivity index (χ2n) is 7.97. The van der Waals surface area contributed by atoms with Gasteiger partial charge >= 0.3 is 5.97 Å². The van der Waals surface area contributed by atoms with Gasteiger partial charge in [-0.1, -0.05) is 12.8 Å². The van der Waals surface area contributed by atoms with Gasteiger partial charge in [0.1, 0.15) is 5.82 Å². The molecule has 3 rings (SSSR count). The van der Waals surface area contributed by atoms with Crippen LogP contribution in [0.3, 0.4) is 0 Å². The van der Waals surface area contributed by atoms with Gasteiger partial charge < -0.3 is 9.64 Å². The topological polar surface area (TPSA) is 84.0 Å². The summed E-state index contributed by atoms with van der Waals surface area (Å²) in [7, 11) is -3.83. The van der Waals surface area contributed by atoms with Gasteiger partial charge in [-0.15, -0.1) is 0 Å². The molecule has 0 saturated carbocycles. The zero-order valence-electron chi connectivity index (χ0n) is 17.3. The van der Waals surface area contributed by atoms with Crippen LogP contribution in [0.1, 0.15) is 45.4 Å². The van der Waals surface area contributed by atoms with Gasteiger partial charge in [0.15, 0.2) is 6.10 Å². The third-order valence-electron chi connectivity index (χ3n) is 5.73. The van der Waals surface area contributed by atoms with Crippen molar-refractivity contribution >= 4 is 21.9 Å². The summed E-state index contributed by atoms with van der Waals surface area (Å²) in [5.74, 6) is -1.90. The number of carbonyl (C=O) groups is 2. The Morgan fingerprint density at radius 2 is 1.67 bits per heavy atom. The first-order chi connectivity index (χ1) is 14.3. The van der Waals surface area contributed by atoms with E-state index in [2.05, 4.69) is 0 Å². The van der Waals surface area contributed by atoms with E-state index >= 15 is 0 Å². The summed E-state index contributed by atoms with van der Waals surface area (Å²) < 4.78 is 45.4. The zero-order valence-corrected chi connectivity index (χ0v) is 18.1. The highest BCUT2D eigenvalue weighted by atomic mass is 32.2. The minimum Gasteiger partial charge on any atom is -0.452 e. The van der Waals surface area contributed by atoms with Crippen LogP contribution >= 0.6 is 0 Å². The van der Waals surface area contributed by atoms with Crippen molar-refractivity contribution in [1.29, 1.82) is 0 Å². The number of amides is 1. The van der Waals surface area contributed by atoms with Crippen LogP contribution in [-0.2, 0) is 24.3 Å². The molecular formula is C21H29FN2O5S. The third kappa shape index (κ3) is 5.37. The Hall–Kier alpha value is -2.00. The van der Waals surface area contributed by atoms with E-state index in [0.29, 0.717) is 25.9 Å². The number of likely N-dealkylation sites (tertiary alicyclic amines) is 1. The predicted octanol–water partition coefficient (Wildman–Crippen LogP) is 2.56. The van der Waals surface area contributed by atoms with Crippen molar-refractivity contribution in [2.24, 2.45) is 5.92 Å². The Kier molecular flexibility index (Phi) is 7.46. The third-order valence-corrected chi connectivity index (χ3v) is 7.61. The maximum atomic E-state index is 13.1. The number of piperidine rings is 1. The number of carbonyl (C=O) groups excluding carboxylic acids is 2. The number of nitrogens with zero attached hydrogens (tertiary/aromatic N) is 2. The molecule has 2 aliphatic heterocycles. The summed E-state index contributed by atoms with van der Waals surface area (Å²) in [6.07, 6.45) is 4.21. The Morgan fingerprint density at radius 3 is 2.30 bits per heavy atom. The van der Waals surface area contributed by atoms with Gasteiger partial charge in [-0.2, -0.15) is 4.31 Å². The SMILES string of the molecule is C[C@H](OC(=O)[C@H]1CCCN(S(=O)(=O)c2ccc(F)cc2)C1)C(=O)N1CCCCCC1. The molecule has 0 bridgehead atoms. The fourth-order valence-electron chi connectivity index (χ4n) is 3.98. The van der Waals surface area contributed by atoms with Crippen LogP contribution in [0.2, 0.25) is 0 Å². The molecule has 9 heteroatoms. The lowest BCUT2D eigenvalue weighted by Crippen LogP contribution is -2.45. The first-order valence-electron chi connectivity index (χ1n) is 10.5. The average molecular weight is 441 g/mol. The van der Waals surface area contributed by atoms with E-state index in [1.165, 1.54) is 16.4 Å². The van der Waals surface area contributed by atoms with Crippen LogP contribution in [0, 0.1) is 11.7 Å². The summed E-state index contributed by atoms with van der Waals surface area (Å²) in [6.45, 7) is 3.19. The van der Waals surface area contributed by atoms with Crippen molar-refractivity contribution in [3.8, 4) is 0 Å². The van der Waals surface area contributed by atoms with Crippen molar-refractivity contribution in [2.45, 2.75) is 56.4 Å². The van der Waals surface area contributed by atoms with E-state index in [9.17, 15) is 22.4 Å². The average Bonchev–Trinajstić information content (AvgIpc) is 3.03. The minimum atomic E-state index is -3.83. The first kappa shape index (κ1) is 22.7. The molecule has 0 N–H and O–H groups in total. The summed E-state index contributed by atoms with van der Waals surface area (Å²) in [5.41, 5.74) is 0. The van der Waals surface area contributed by atoms with E-state index in [1.54, 1.807) is 11.8 Å². The Labute approximate surface area is 177 Å². The molecule has 0 aromatic heterocycles. The van der Waals surface area contributed by atoms with Crippen LogP contribution in [0.25, 0.3) is 0 Å². The monoisotopic (exact) mass is 440 g/mol. The molecule has 0 unspecified atom stereocenters. The number of rotatable bonds is 5. The molecule has 2 heterocycles. The lowest BCUT2D eigenvalue weighted by molar-refractivity contribution is -0.163. The number of esters is 1. The van der Waals surface area contributed by atoms with Gasteiger partial charge in [0.05, 0.1) is 10.8 Å². The Bertz CT molecular complexity index is 851. The standard InChI is InChI=1S/C21H29FN2O5S/c1-16(20(25)23-12-4-2-3-5-13-23)29-21(26)17-7-6-14-24(15-17)30(27,28)19-10-8-18(22)9-11-19/h8-11,16-17H,2-7,12-15H2,1H3/t16-,17-/m0/s1. The van der Waals surface area contributed by atoms with Crippen molar-refractivity contribution in [2.75, 3.05) is 26.2 Å². The zero-order chi connectivity index (χ0) is 21.7. The highest BCUT2D eigenvalue weighted by Crippen LogP contribution is 2.25. The molecule has 2 fully saturated rings. The van der Waals surface area contributed by atoms with E-state index < -0.39 is 33.8 Å². The summed E-state index contributed by atoms with van der Waals surface area (Å²) in [4.78, 5) is 27.0. The maximum absolute atomic E-state index is 13.1. The summed E-state index contributed by atoms with van der Waals surface area (Å²) in [6, 6.07) is 4.63. The van der Waals surface area contributed by atoms with Crippen molar-refractivity contribution in [1.82, 2.24) is 9.21 Å². The Morgan fingerprint density at radius 1 is 1.03 bits per heavy atom. The molecule has 30 heavy (non-hydrogen) atoms. The highest BCUT2D eigenvalue weighted by molar-refractivity contribution is 7.89. The number of ether oxygens (including phenoxy) is 1.